The molecule has 208 valence electrons. The lowest BCUT2D eigenvalue weighted by Gasteiger charge is -2.35. The predicted octanol–water partition coefficient (Wildman–Crippen LogP) is 4.13. The van der Waals surface area contributed by atoms with Crippen molar-refractivity contribution in [2.45, 2.75) is 27.7 Å². The Balaban J connectivity index is 0.000000337. The van der Waals surface area contributed by atoms with Crippen LogP contribution in [0.5, 0.6) is 0 Å². The first-order valence-electron chi connectivity index (χ1n) is 12.2. The van der Waals surface area contributed by atoms with E-state index in [0.29, 0.717) is 13.0 Å². The third kappa shape index (κ3) is 9.72. The van der Waals surface area contributed by atoms with E-state index in [2.05, 4.69) is 53.0 Å². The summed E-state index contributed by atoms with van der Waals surface area (Å²) in [5.74, 6) is 0.141. The van der Waals surface area contributed by atoms with Gasteiger partial charge in [0, 0.05) is 55.7 Å². The van der Waals surface area contributed by atoms with Gasteiger partial charge in [0.25, 0.3) is 0 Å². The summed E-state index contributed by atoms with van der Waals surface area (Å²) in [6, 6.07) is 12.2. The highest BCUT2D eigenvalue weighted by molar-refractivity contribution is 6.31. The van der Waals surface area contributed by atoms with Crippen molar-refractivity contribution in [3.8, 4) is 0 Å². The molecule has 0 bridgehead atoms. The van der Waals surface area contributed by atoms with Crippen molar-refractivity contribution >= 4 is 47.3 Å². The molecule has 2 heterocycles. The number of piperazine rings is 1. The Morgan fingerprint density at radius 3 is 2.21 bits per heavy atom. The number of amides is 1. The Hall–Kier alpha value is -3.56. The third-order valence-corrected chi connectivity index (χ3v) is 6.77. The summed E-state index contributed by atoms with van der Waals surface area (Å²) in [4.78, 5) is 17.0. The summed E-state index contributed by atoms with van der Waals surface area (Å²) < 4.78 is 0. The molecule has 1 amide bonds. The first kappa shape index (κ1) is 32.5. The molecule has 10 heteroatoms. The Labute approximate surface area is 232 Å². The number of nitrogens with one attached hydrogen (secondary N) is 3. The summed E-state index contributed by atoms with van der Waals surface area (Å²) in [7, 11) is 2.15. The second-order valence-electron chi connectivity index (χ2n) is 9.00. The Bertz CT molecular complexity index is 1100. The molecule has 0 spiro atoms. The predicted molar refractivity (Wildman–Crippen MR) is 163 cm³/mol. The maximum Gasteiger partial charge on any atom is 0.211 e. The van der Waals surface area contributed by atoms with Gasteiger partial charge < -0.3 is 31.5 Å². The first-order chi connectivity index (χ1) is 17.7. The van der Waals surface area contributed by atoms with Crippen LogP contribution in [-0.2, 0) is 4.79 Å². The third-order valence-electron chi connectivity index (χ3n) is 6.36. The summed E-state index contributed by atoms with van der Waals surface area (Å²) >= 11 is 6.12. The van der Waals surface area contributed by atoms with E-state index in [-0.39, 0.29) is 13.4 Å². The van der Waals surface area contributed by atoms with Gasteiger partial charge in [-0.2, -0.15) is 0 Å². The average molecular weight is 543 g/mol. The molecule has 38 heavy (non-hydrogen) atoms. The van der Waals surface area contributed by atoms with Gasteiger partial charge in [-0.05, 0) is 73.8 Å². The number of likely N-dealkylation sites (N-methyl/N-ethyl adjacent to an activating group) is 1. The van der Waals surface area contributed by atoms with Crippen LogP contribution in [0.3, 0.4) is 0 Å². The van der Waals surface area contributed by atoms with Crippen molar-refractivity contribution < 1.29 is 4.79 Å². The van der Waals surface area contributed by atoms with Crippen LogP contribution in [0.1, 0.15) is 30.5 Å². The molecular weight excluding hydrogens is 500 g/mol. The summed E-state index contributed by atoms with van der Waals surface area (Å²) in [5, 5.41) is 16.7. The molecule has 0 unspecified atom stereocenters. The highest BCUT2D eigenvalue weighted by Gasteiger charge is 2.16. The van der Waals surface area contributed by atoms with E-state index in [4.69, 9.17) is 28.2 Å². The van der Waals surface area contributed by atoms with Crippen LogP contribution in [0.2, 0.25) is 5.02 Å². The number of benzene rings is 2. The fourth-order valence-electron chi connectivity index (χ4n) is 4.16. The highest BCUT2D eigenvalue weighted by Crippen LogP contribution is 2.26. The minimum Gasteiger partial charge on any atom is -0.390 e. The molecule has 0 radical (unpaired) electrons. The molecule has 2 aromatic carbocycles. The number of anilines is 2. The Morgan fingerprint density at radius 2 is 1.71 bits per heavy atom. The maximum absolute atomic E-state index is 10.4. The maximum atomic E-state index is 10.4. The zero-order valence-electron chi connectivity index (χ0n) is 21.9. The monoisotopic (exact) mass is 542 g/mol. The van der Waals surface area contributed by atoms with Crippen molar-refractivity contribution in [3.63, 3.8) is 0 Å². The van der Waals surface area contributed by atoms with Gasteiger partial charge in [-0.15, -0.1) is 0 Å². The molecule has 7 N–H and O–H groups in total. The quantitative estimate of drug-likeness (QED) is 0.223. The second kappa shape index (κ2) is 16.3. The van der Waals surface area contributed by atoms with E-state index in [9.17, 15) is 4.79 Å². The minimum absolute atomic E-state index is 0. The number of aryl methyl sites for hydroxylation is 2. The van der Waals surface area contributed by atoms with E-state index < -0.39 is 0 Å². The smallest absolute Gasteiger partial charge is 0.211 e. The lowest BCUT2D eigenvalue weighted by molar-refractivity contribution is -0.105. The average Bonchev–Trinajstić information content (AvgIpc) is 2.88. The number of carbonyl (C=O) groups excluding carboxylic acids is 1. The molecule has 2 aliphatic rings. The summed E-state index contributed by atoms with van der Waals surface area (Å²) in [5.41, 5.74) is 16.7. The fraction of sp³-hybridized carbons (Fsp3) is 0.393. The zero-order chi connectivity index (χ0) is 27.4. The number of nitrogens with two attached hydrogens (primary N) is 2. The standard InChI is InChI=1S/C13H16ClN3.C13H19N3O.CH4N2.CH4/c1-9-2-3-11(8-12(9)14)10-4-6-17(7-5-10)13(15)16;1-11-9-12(14-10-17)3-4-13(11)16-7-5-15(2)6-8-16;2-1-3;/h2-4,8H,5-7H2,1H3,(H3,15,16);3-4,9-10H,5-8H2,1-2H3,(H,14,17);1H,(H3,2,3);1H4. The SMILES string of the molecule is C.Cc1cc(NC=O)ccc1N1CCN(C)CC1.Cc1ccc(C2=CCN(C(=N)N)CC2)cc1Cl.N=CN. The van der Waals surface area contributed by atoms with Crippen molar-refractivity contribution in [2.75, 3.05) is 56.5 Å². The molecule has 9 nitrogen and oxygen atoms in total. The van der Waals surface area contributed by atoms with Crippen LogP contribution < -0.4 is 21.7 Å². The summed E-state index contributed by atoms with van der Waals surface area (Å²) in [6.07, 6.45) is 4.48. The lowest BCUT2D eigenvalue weighted by atomic mass is 9.98. The topological polar surface area (TPSA) is 139 Å². The highest BCUT2D eigenvalue weighted by atomic mass is 35.5. The minimum atomic E-state index is 0. The van der Waals surface area contributed by atoms with E-state index >= 15 is 0 Å². The molecule has 2 aromatic rings. The molecular formula is C28H43ClN8O. The van der Waals surface area contributed by atoms with Crippen LogP contribution in [0, 0.1) is 24.7 Å². The van der Waals surface area contributed by atoms with Crippen molar-refractivity contribution in [3.05, 3.63) is 64.2 Å². The lowest BCUT2D eigenvalue weighted by Crippen LogP contribution is -2.44. The molecule has 1 saturated heterocycles. The molecule has 0 saturated carbocycles. The fourth-order valence-corrected chi connectivity index (χ4v) is 4.34. The van der Waals surface area contributed by atoms with Gasteiger partial charge in [-0.1, -0.05) is 37.2 Å². The number of nitrogens with zero attached hydrogens (tertiary/aromatic N) is 3. The first-order valence-corrected chi connectivity index (χ1v) is 12.6. The van der Waals surface area contributed by atoms with E-state index in [1.807, 2.05) is 36.1 Å². The molecule has 2 aliphatic heterocycles. The van der Waals surface area contributed by atoms with Gasteiger partial charge >= 0.3 is 0 Å². The van der Waals surface area contributed by atoms with Crippen LogP contribution >= 0.6 is 11.6 Å². The van der Waals surface area contributed by atoms with Crippen molar-refractivity contribution in [1.82, 2.24) is 9.80 Å². The molecule has 0 aromatic heterocycles. The molecule has 0 aliphatic carbocycles. The number of rotatable bonds is 4. The van der Waals surface area contributed by atoms with Crippen molar-refractivity contribution in [1.29, 1.82) is 10.8 Å². The van der Waals surface area contributed by atoms with Gasteiger partial charge in [0.1, 0.15) is 0 Å². The van der Waals surface area contributed by atoms with E-state index in [0.717, 1.165) is 61.8 Å². The molecule has 0 atom stereocenters. The van der Waals surface area contributed by atoms with Gasteiger partial charge in [0.05, 0.1) is 6.34 Å². The van der Waals surface area contributed by atoms with Gasteiger partial charge in [0.2, 0.25) is 6.41 Å². The number of halogens is 1. The molecule has 1 fully saturated rings. The molecule has 4 rings (SSSR count). The largest absolute Gasteiger partial charge is 0.390 e. The van der Waals surface area contributed by atoms with Crippen LogP contribution in [0.25, 0.3) is 5.57 Å². The second-order valence-corrected chi connectivity index (χ2v) is 9.40. The zero-order valence-corrected chi connectivity index (χ0v) is 22.7. The number of carbonyl (C=O) groups is 1. The van der Waals surface area contributed by atoms with E-state index in [1.54, 1.807) is 0 Å². The number of guanidine groups is 1. The Morgan fingerprint density at radius 1 is 1.05 bits per heavy atom. The van der Waals surface area contributed by atoms with Crippen LogP contribution in [0.4, 0.5) is 11.4 Å². The normalized spacial score (nSPS) is 14.9. The van der Waals surface area contributed by atoms with Gasteiger partial charge in [-0.3, -0.25) is 15.6 Å². The van der Waals surface area contributed by atoms with E-state index in [1.165, 1.54) is 22.4 Å². The number of hydrogen-bond donors (Lipinski definition) is 5. The van der Waals surface area contributed by atoms with Gasteiger partial charge in [-0.25, -0.2) is 0 Å². The van der Waals surface area contributed by atoms with Crippen molar-refractivity contribution in [2.24, 2.45) is 11.5 Å². The number of hydrogen-bond acceptors (Lipinski definition) is 5. The summed E-state index contributed by atoms with van der Waals surface area (Å²) in [6.45, 7) is 9.93. The Kier molecular flexibility index (Phi) is 13.9. The van der Waals surface area contributed by atoms with Gasteiger partial charge in [0.15, 0.2) is 5.96 Å². The van der Waals surface area contributed by atoms with Crippen LogP contribution in [0.15, 0.2) is 42.5 Å². The van der Waals surface area contributed by atoms with Crippen LogP contribution in [-0.4, -0.2) is 74.8 Å².